The van der Waals surface area contributed by atoms with E-state index < -0.39 is 11.9 Å². The van der Waals surface area contributed by atoms with Crippen molar-refractivity contribution in [2.24, 2.45) is 22.3 Å². The van der Waals surface area contributed by atoms with Crippen molar-refractivity contribution in [1.29, 1.82) is 0 Å². The van der Waals surface area contributed by atoms with E-state index in [0.29, 0.717) is 0 Å². The number of hydrazone groups is 1. The molecule has 0 fully saturated rings. The predicted molar refractivity (Wildman–Crippen MR) is 45.8 cm³/mol. The van der Waals surface area contributed by atoms with Gasteiger partial charge in [-0.1, -0.05) is 0 Å². The molecular weight excluding hydrogens is 166 g/mol. The van der Waals surface area contributed by atoms with E-state index in [2.05, 4.69) is 23.2 Å². The monoisotopic (exact) mass is 177 g/mol. The SMILES string of the molecule is NC(=O)[C@H](CS)NN=C(N)N. The second-order valence-electron chi connectivity index (χ2n) is 1.80. The summed E-state index contributed by atoms with van der Waals surface area (Å²) >= 11 is 3.84. The largest absolute Gasteiger partial charge is 0.369 e. The van der Waals surface area contributed by atoms with E-state index in [9.17, 15) is 4.79 Å². The van der Waals surface area contributed by atoms with Crippen LogP contribution in [0, 0.1) is 0 Å². The van der Waals surface area contributed by atoms with Gasteiger partial charge in [0.1, 0.15) is 6.04 Å². The Labute approximate surface area is 69.6 Å². The van der Waals surface area contributed by atoms with E-state index in [4.69, 9.17) is 17.2 Å². The molecule has 0 bridgehead atoms. The molecule has 11 heavy (non-hydrogen) atoms. The number of carbonyl (C=O) groups is 1. The molecule has 0 unspecified atom stereocenters. The Morgan fingerprint density at radius 2 is 2.09 bits per heavy atom. The van der Waals surface area contributed by atoms with Crippen molar-refractivity contribution in [2.45, 2.75) is 6.04 Å². The topological polar surface area (TPSA) is 120 Å². The fourth-order valence-electron chi connectivity index (χ4n) is 0.347. The number of primary amides is 1. The molecule has 0 aromatic heterocycles. The first-order valence-corrected chi connectivity index (χ1v) is 3.45. The summed E-state index contributed by atoms with van der Waals surface area (Å²) in [7, 11) is 0. The third kappa shape index (κ3) is 4.31. The first-order chi connectivity index (χ1) is 5.07. The quantitative estimate of drug-likeness (QED) is 0.142. The van der Waals surface area contributed by atoms with Crippen LogP contribution in [0.3, 0.4) is 0 Å². The summed E-state index contributed by atoms with van der Waals surface area (Å²) in [6.07, 6.45) is 0. The molecule has 0 aliphatic rings. The van der Waals surface area contributed by atoms with Crippen LogP contribution in [0.5, 0.6) is 0 Å². The number of nitrogens with two attached hydrogens (primary N) is 3. The molecule has 0 saturated carbocycles. The van der Waals surface area contributed by atoms with Crippen LogP contribution < -0.4 is 22.6 Å². The van der Waals surface area contributed by atoms with Crippen LogP contribution in [-0.2, 0) is 4.79 Å². The lowest BCUT2D eigenvalue weighted by molar-refractivity contribution is -0.119. The Morgan fingerprint density at radius 1 is 1.55 bits per heavy atom. The van der Waals surface area contributed by atoms with Gasteiger partial charge in [0.2, 0.25) is 11.9 Å². The number of guanidine groups is 1. The van der Waals surface area contributed by atoms with Gasteiger partial charge in [-0.15, -0.1) is 5.10 Å². The first-order valence-electron chi connectivity index (χ1n) is 2.82. The Bertz CT molecular complexity index is 166. The van der Waals surface area contributed by atoms with Crippen LogP contribution in [0.4, 0.5) is 0 Å². The van der Waals surface area contributed by atoms with Gasteiger partial charge in [0, 0.05) is 5.75 Å². The molecule has 0 rings (SSSR count). The fourth-order valence-corrected chi connectivity index (χ4v) is 0.608. The lowest BCUT2D eigenvalue weighted by Crippen LogP contribution is -2.42. The van der Waals surface area contributed by atoms with Crippen molar-refractivity contribution in [2.75, 3.05) is 5.75 Å². The number of hydrogen-bond acceptors (Lipinski definition) is 4. The van der Waals surface area contributed by atoms with Gasteiger partial charge in [0.15, 0.2) is 0 Å². The molecule has 6 nitrogen and oxygen atoms in total. The minimum Gasteiger partial charge on any atom is -0.369 e. The van der Waals surface area contributed by atoms with Crippen molar-refractivity contribution < 1.29 is 4.79 Å². The lowest BCUT2D eigenvalue weighted by Gasteiger charge is -2.08. The second-order valence-corrected chi connectivity index (χ2v) is 2.17. The molecule has 1 amide bonds. The van der Waals surface area contributed by atoms with E-state index in [0.717, 1.165) is 0 Å². The lowest BCUT2D eigenvalue weighted by atomic mass is 10.3. The van der Waals surface area contributed by atoms with E-state index in [-0.39, 0.29) is 11.7 Å². The van der Waals surface area contributed by atoms with Gasteiger partial charge in [0.05, 0.1) is 0 Å². The van der Waals surface area contributed by atoms with Gasteiger partial charge < -0.3 is 17.2 Å². The van der Waals surface area contributed by atoms with E-state index in [1.54, 1.807) is 0 Å². The fraction of sp³-hybridized carbons (Fsp3) is 0.500. The number of rotatable bonds is 4. The highest BCUT2D eigenvalue weighted by Crippen LogP contribution is 1.85. The Morgan fingerprint density at radius 3 is 2.36 bits per heavy atom. The normalized spacial score (nSPS) is 11.7. The smallest absolute Gasteiger partial charge is 0.242 e. The van der Waals surface area contributed by atoms with Gasteiger partial charge >= 0.3 is 0 Å². The molecule has 0 saturated heterocycles. The number of hydrogen-bond donors (Lipinski definition) is 5. The molecule has 0 heterocycles. The number of nitrogens with one attached hydrogen (secondary N) is 1. The zero-order valence-corrected chi connectivity index (χ0v) is 6.71. The molecule has 0 spiro atoms. The summed E-state index contributed by atoms with van der Waals surface area (Å²) in [5.74, 6) is -0.463. The molecule has 7 N–H and O–H groups in total. The average Bonchev–Trinajstić information content (AvgIpc) is 1.87. The van der Waals surface area contributed by atoms with Crippen molar-refractivity contribution in [3.05, 3.63) is 0 Å². The molecule has 0 radical (unpaired) electrons. The number of carbonyl (C=O) groups excluding carboxylic acids is 1. The number of thiol groups is 1. The zero-order chi connectivity index (χ0) is 8.85. The average molecular weight is 177 g/mol. The highest BCUT2D eigenvalue weighted by molar-refractivity contribution is 7.80. The van der Waals surface area contributed by atoms with Crippen molar-refractivity contribution >= 4 is 24.5 Å². The highest BCUT2D eigenvalue weighted by atomic mass is 32.1. The van der Waals surface area contributed by atoms with Crippen LogP contribution in [-0.4, -0.2) is 23.7 Å². The minimum absolute atomic E-state index is 0.155. The van der Waals surface area contributed by atoms with Crippen LogP contribution >= 0.6 is 12.6 Å². The third-order valence-electron chi connectivity index (χ3n) is 0.876. The standard InChI is InChI=1S/C4H11N5OS/c5-3(10)2(1-11)8-9-4(6)7/h2,8,11H,1H2,(H2,5,10)(H4,6,7,9)/t2-/m0/s1. The molecule has 0 aromatic rings. The van der Waals surface area contributed by atoms with Crippen LogP contribution in [0.1, 0.15) is 0 Å². The molecule has 0 aliphatic heterocycles. The maximum atomic E-state index is 10.5. The Kier molecular flexibility index (Phi) is 4.20. The molecular formula is C4H11N5OS. The molecule has 64 valence electrons. The predicted octanol–water partition coefficient (Wildman–Crippen LogP) is -2.45. The maximum Gasteiger partial charge on any atom is 0.242 e. The van der Waals surface area contributed by atoms with Gasteiger partial charge in [-0.2, -0.15) is 12.6 Å². The summed E-state index contributed by atoms with van der Waals surface area (Å²) < 4.78 is 0. The molecule has 1 atom stereocenters. The zero-order valence-electron chi connectivity index (χ0n) is 5.82. The molecule has 7 heteroatoms. The summed E-state index contributed by atoms with van der Waals surface area (Å²) in [6.45, 7) is 0. The second kappa shape index (κ2) is 4.67. The minimum atomic E-state index is -0.638. The summed E-state index contributed by atoms with van der Waals surface area (Å²) in [5, 5.41) is 3.39. The van der Waals surface area contributed by atoms with E-state index in [1.165, 1.54) is 0 Å². The van der Waals surface area contributed by atoms with E-state index >= 15 is 0 Å². The van der Waals surface area contributed by atoms with Crippen molar-refractivity contribution in [3.8, 4) is 0 Å². The number of amides is 1. The third-order valence-corrected chi connectivity index (χ3v) is 1.24. The Hall–Kier alpha value is -1.11. The van der Waals surface area contributed by atoms with Gasteiger partial charge in [-0.25, -0.2) is 0 Å². The Balaban J connectivity index is 3.89. The van der Waals surface area contributed by atoms with E-state index in [1.807, 2.05) is 0 Å². The van der Waals surface area contributed by atoms with Crippen molar-refractivity contribution in [3.63, 3.8) is 0 Å². The van der Waals surface area contributed by atoms with Gasteiger partial charge in [0.25, 0.3) is 0 Å². The maximum absolute atomic E-state index is 10.5. The van der Waals surface area contributed by atoms with Crippen LogP contribution in [0.2, 0.25) is 0 Å². The van der Waals surface area contributed by atoms with Gasteiger partial charge in [-0.3, -0.25) is 10.2 Å². The number of nitrogens with zero attached hydrogens (tertiary/aromatic N) is 1. The van der Waals surface area contributed by atoms with Crippen LogP contribution in [0.25, 0.3) is 0 Å². The summed E-state index contributed by atoms with van der Waals surface area (Å²) in [4.78, 5) is 10.5. The highest BCUT2D eigenvalue weighted by Gasteiger charge is 2.10. The van der Waals surface area contributed by atoms with Crippen LogP contribution in [0.15, 0.2) is 5.10 Å². The van der Waals surface area contributed by atoms with Gasteiger partial charge in [-0.05, 0) is 0 Å². The molecule has 0 aromatic carbocycles. The summed E-state index contributed by atoms with van der Waals surface area (Å²) in [5.41, 5.74) is 17.3. The summed E-state index contributed by atoms with van der Waals surface area (Å²) in [6, 6.07) is -0.638. The molecule has 0 aliphatic carbocycles. The van der Waals surface area contributed by atoms with Crippen molar-refractivity contribution in [1.82, 2.24) is 5.43 Å². The first kappa shape index (κ1) is 9.89.